The summed E-state index contributed by atoms with van der Waals surface area (Å²) in [6, 6.07) is 7.95. The summed E-state index contributed by atoms with van der Waals surface area (Å²) in [4.78, 5) is 7.06. The summed E-state index contributed by atoms with van der Waals surface area (Å²) >= 11 is 0. The lowest BCUT2D eigenvalue weighted by molar-refractivity contribution is -0.00805. The van der Waals surface area contributed by atoms with Gasteiger partial charge in [0.15, 0.2) is 5.96 Å². The molecule has 8 nitrogen and oxygen atoms in total. The molecule has 0 saturated carbocycles. The van der Waals surface area contributed by atoms with E-state index in [-0.39, 0.29) is 6.10 Å². The van der Waals surface area contributed by atoms with Crippen molar-refractivity contribution in [2.24, 2.45) is 12.0 Å². The molecule has 164 valence electrons. The summed E-state index contributed by atoms with van der Waals surface area (Å²) in [6.45, 7) is 7.20. The van der Waals surface area contributed by atoms with Gasteiger partial charge in [-0.2, -0.15) is 5.10 Å². The van der Waals surface area contributed by atoms with E-state index in [1.807, 2.05) is 48.4 Å². The average Bonchev–Trinajstić information content (AvgIpc) is 3.22. The first-order chi connectivity index (χ1) is 14.7. The molecular weight excluding hydrogens is 382 g/mol. The Labute approximate surface area is 178 Å². The standard InChI is InChI=1S/C22H33N5O3/c1-4-23-22(27-11-13-30-21(16-27)19-14-25-26(2)15-19)24-10-5-12-29-17-18-6-8-20(28-3)9-7-18/h6-9,14-15,21H,4-5,10-13,16-17H2,1-3H3,(H,23,24). The summed E-state index contributed by atoms with van der Waals surface area (Å²) in [7, 11) is 3.59. The fourth-order valence-corrected chi connectivity index (χ4v) is 3.34. The number of aryl methyl sites for hydroxylation is 1. The highest BCUT2D eigenvalue weighted by atomic mass is 16.5. The molecule has 0 aliphatic carbocycles. The van der Waals surface area contributed by atoms with E-state index in [4.69, 9.17) is 19.2 Å². The number of hydrogen-bond donors (Lipinski definition) is 1. The maximum Gasteiger partial charge on any atom is 0.194 e. The van der Waals surface area contributed by atoms with Crippen molar-refractivity contribution in [2.75, 3.05) is 46.5 Å². The summed E-state index contributed by atoms with van der Waals surface area (Å²) in [5.74, 6) is 1.79. The van der Waals surface area contributed by atoms with Gasteiger partial charge in [-0.25, -0.2) is 0 Å². The van der Waals surface area contributed by atoms with Crippen LogP contribution in [-0.4, -0.2) is 67.1 Å². The number of nitrogens with zero attached hydrogens (tertiary/aromatic N) is 4. The van der Waals surface area contributed by atoms with Gasteiger partial charge in [-0.3, -0.25) is 9.67 Å². The van der Waals surface area contributed by atoms with E-state index >= 15 is 0 Å². The van der Waals surface area contributed by atoms with Gasteiger partial charge in [0, 0.05) is 45.0 Å². The molecule has 8 heteroatoms. The summed E-state index contributed by atoms with van der Waals surface area (Å²) < 4.78 is 18.7. The molecule has 1 aromatic heterocycles. The Morgan fingerprint density at radius 2 is 2.17 bits per heavy atom. The van der Waals surface area contributed by atoms with Crippen LogP contribution < -0.4 is 10.1 Å². The first-order valence-electron chi connectivity index (χ1n) is 10.5. The Hall–Kier alpha value is -2.58. The van der Waals surface area contributed by atoms with E-state index in [0.29, 0.717) is 19.8 Å². The van der Waals surface area contributed by atoms with Crippen LogP contribution in [0.5, 0.6) is 5.75 Å². The largest absolute Gasteiger partial charge is 0.497 e. The minimum Gasteiger partial charge on any atom is -0.497 e. The second kappa shape index (κ2) is 11.6. The van der Waals surface area contributed by atoms with Crippen LogP contribution in [0.1, 0.15) is 30.6 Å². The molecule has 3 rings (SSSR count). The third kappa shape index (κ3) is 6.47. The van der Waals surface area contributed by atoms with Crippen molar-refractivity contribution in [3.8, 4) is 5.75 Å². The molecule has 2 heterocycles. The lowest BCUT2D eigenvalue weighted by Gasteiger charge is -2.34. The zero-order chi connectivity index (χ0) is 21.2. The van der Waals surface area contributed by atoms with E-state index in [1.165, 1.54) is 0 Å². The lowest BCUT2D eigenvalue weighted by Crippen LogP contribution is -2.48. The van der Waals surface area contributed by atoms with Gasteiger partial charge in [0.2, 0.25) is 0 Å². The quantitative estimate of drug-likeness (QED) is 0.385. The summed E-state index contributed by atoms with van der Waals surface area (Å²) in [5.41, 5.74) is 2.24. The Kier molecular flexibility index (Phi) is 8.53. The molecule has 1 atom stereocenters. The first-order valence-corrected chi connectivity index (χ1v) is 10.5. The number of nitrogens with one attached hydrogen (secondary N) is 1. The van der Waals surface area contributed by atoms with Crippen molar-refractivity contribution < 1.29 is 14.2 Å². The molecule has 2 aromatic rings. The third-order valence-electron chi connectivity index (χ3n) is 4.93. The normalized spacial score (nSPS) is 17.2. The maximum atomic E-state index is 5.94. The number of guanidine groups is 1. The van der Waals surface area contributed by atoms with Gasteiger partial charge in [-0.1, -0.05) is 12.1 Å². The van der Waals surface area contributed by atoms with Gasteiger partial charge >= 0.3 is 0 Å². The molecule has 0 bridgehead atoms. The van der Waals surface area contributed by atoms with Crippen LogP contribution in [0.15, 0.2) is 41.7 Å². The number of methoxy groups -OCH3 is 1. The highest BCUT2D eigenvalue weighted by Gasteiger charge is 2.25. The fourth-order valence-electron chi connectivity index (χ4n) is 3.34. The van der Waals surface area contributed by atoms with Crippen LogP contribution in [0.2, 0.25) is 0 Å². The summed E-state index contributed by atoms with van der Waals surface area (Å²) in [5, 5.41) is 7.66. The molecule has 0 radical (unpaired) electrons. The fraction of sp³-hybridized carbons (Fsp3) is 0.545. The van der Waals surface area contributed by atoms with Crippen molar-refractivity contribution >= 4 is 5.96 Å². The smallest absolute Gasteiger partial charge is 0.194 e. The molecule has 1 aromatic carbocycles. The van der Waals surface area contributed by atoms with Crippen molar-refractivity contribution in [3.05, 3.63) is 47.8 Å². The lowest BCUT2D eigenvalue weighted by atomic mass is 10.1. The predicted molar refractivity (Wildman–Crippen MR) is 117 cm³/mol. The van der Waals surface area contributed by atoms with Gasteiger partial charge in [0.1, 0.15) is 11.9 Å². The molecule has 1 aliphatic rings. The van der Waals surface area contributed by atoms with Crippen LogP contribution in [0.4, 0.5) is 0 Å². The van der Waals surface area contributed by atoms with Gasteiger partial charge in [-0.15, -0.1) is 0 Å². The molecule has 1 fully saturated rings. The molecule has 0 amide bonds. The van der Waals surface area contributed by atoms with Crippen LogP contribution >= 0.6 is 0 Å². The number of aromatic nitrogens is 2. The van der Waals surface area contributed by atoms with Gasteiger partial charge < -0.3 is 24.4 Å². The second-order valence-corrected chi connectivity index (χ2v) is 7.24. The Bertz CT molecular complexity index is 790. The minimum atomic E-state index is 0.0177. The Morgan fingerprint density at radius 3 is 2.87 bits per heavy atom. The molecule has 1 saturated heterocycles. The summed E-state index contributed by atoms with van der Waals surface area (Å²) in [6.07, 6.45) is 4.78. The van der Waals surface area contributed by atoms with E-state index in [1.54, 1.807) is 7.11 Å². The Morgan fingerprint density at radius 1 is 1.33 bits per heavy atom. The van der Waals surface area contributed by atoms with Crippen molar-refractivity contribution in [2.45, 2.75) is 26.1 Å². The van der Waals surface area contributed by atoms with Crippen molar-refractivity contribution in [3.63, 3.8) is 0 Å². The van der Waals surface area contributed by atoms with E-state index < -0.39 is 0 Å². The maximum absolute atomic E-state index is 5.94. The molecule has 1 unspecified atom stereocenters. The number of aliphatic imine (C=N–C) groups is 1. The predicted octanol–water partition coefficient (Wildman–Crippen LogP) is 2.37. The van der Waals surface area contributed by atoms with Crippen LogP contribution in [0.25, 0.3) is 0 Å². The number of rotatable bonds is 9. The molecule has 1 N–H and O–H groups in total. The van der Waals surface area contributed by atoms with E-state index in [2.05, 4.69) is 22.2 Å². The van der Waals surface area contributed by atoms with E-state index in [9.17, 15) is 0 Å². The topological polar surface area (TPSA) is 73.1 Å². The van der Waals surface area contributed by atoms with Gasteiger partial charge in [0.25, 0.3) is 0 Å². The molecule has 30 heavy (non-hydrogen) atoms. The molecular formula is C22H33N5O3. The highest BCUT2D eigenvalue weighted by molar-refractivity contribution is 5.80. The van der Waals surface area contributed by atoms with Gasteiger partial charge in [0.05, 0.1) is 33.1 Å². The van der Waals surface area contributed by atoms with Crippen LogP contribution in [0.3, 0.4) is 0 Å². The number of benzene rings is 1. The van der Waals surface area contributed by atoms with E-state index in [0.717, 1.165) is 55.4 Å². The van der Waals surface area contributed by atoms with Crippen molar-refractivity contribution in [1.82, 2.24) is 20.0 Å². The number of morpholine rings is 1. The highest BCUT2D eigenvalue weighted by Crippen LogP contribution is 2.21. The SMILES string of the molecule is CCNC(=NCCCOCc1ccc(OC)cc1)N1CCOC(c2cnn(C)c2)C1. The Balaban J connectivity index is 1.44. The van der Waals surface area contributed by atoms with Gasteiger partial charge in [-0.05, 0) is 31.0 Å². The molecule has 0 spiro atoms. The average molecular weight is 416 g/mol. The van der Waals surface area contributed by atoms with Crippen LogP contribution in [0, 0.1) is 0 Å². The number of hydrogen-bond acceptors (Lipinski definition) is 5. The second-order valence-electron chi connectivity index (χ2n) is 7.24. The first kappa shape index (κ1) is 22.1. The number of ether oxygens (including phenoxy) is 3. The van der Waals surface area contributed by atoms with Crippen LogP contribution in [-0.2, 0) is 23.1 Å². The molecule has 1 aliphatic heterocycles. The minimum absolute atomic E-state index is 0.0177. The monoisotopic (exact) mass is 415 g/mol. The zero-order valence-corrected chi connectivity index (χ0v) is 18.2. The zero-order valence-electron chi connectivity index (χ0n) is 18.2. The van der Waals surface area contributed by atoms with Crippen molar-refractivity contribution in [1.29, 1.82) is 0 Å². The third-order valence-corrected chi connectivity index (χ3v) is 4.93.